The zero-order chi connectivity index (χ0) is 19.2. The highest BCUT2D eigenvalue weighted by Crippen LogP contribution is 2.18. The maximum Gasteiger partial charge on any atom is 0.262 e. The van der Waals surface area contributed by atoms with Crippen molar-refractivity contribution < 1.29 is 14.3 Å². The summed E-state index contributed by atoms with van der Waals surface area (Å²) in [7, 11) is 0. The first kappa shape index (κ1) is 19.0. The standard InChI is InChI=1S/C22H26N2O3/c1-16-9-10-20(13-17(16)2)27-15-21(25)23-19-8-6-7-18(14-19)22(26)24-11-4-3-5-12-24/h6-10,13-14H,3-5,11-12,15H2,1-2H3,(H,23,25). The molecule has 1 aliphatic rings. The Hall–Kier alpha value is -2.82. The number of nitrogens with one attached hydrogen (secondary N) is 1. The highest BCUT2D eigenvalue weighted by atomic mass is 16.5. The Morgan fingerprint density at radius 2 is 1.78 bits per heavy atom. The number of aryl methyl sites for hydroxylation is 2. The van der Waals surface area contributed by atoms with E-state index in [-0.39, 0.29) is 18.4 Å². The Balaban J connectivity index is 1.57. The molecule has 3 rings (SSSR count). The summed E-state index contributed by atoms with van der Waals surface area (Å²) in [6, 6.07) is 12.8. The van der Waals surface area contributed by atoms with Crippen molar-refractivity contribution in [1.82, 2.24) is 4.90 Å². The second-order valence-electron chi connectivity index (χ2n) is 7.02. The van der Waals surface area contributed by atoms with Gasteiger partial charge in [-0.1, -0.05) is 12.1 Å². The molecule has 2 amide bonds. The van der Waals surface area contributed by atoms with Crippen molar-refractivity contribution in [2.24, 2.45) is 0 Å². The molecular weight excluding hydrogens is 340 g/mol. The van der Waals surface area contributed by atoms with Gasteiger partial charge in [0.25, 0.3) is 11.8 Å². The molecule has 2 aromatic rings. The van der Waals surface area contributed by atoms with Gasteiger partial charge in [-0.05, 0) is 74.6 Å². The lowest BCUT2D eigenvalue weighted by Crippen LogP contribution is -2.35. The normalized spacial score (nSPS) is 13.9. The van der Waals surface area contributed by atoms with Gasteiger partial charge in [-0.15, -0.1) is 0 Å². The van der Waals surface area contributed by atoms with Crippen LogP contribution in [0.4, 0.5) is 5.69 Å². The highest BCUT2D eigenvalue weighted by molar-refractivity contribution is 5.97. The first-order valence-corrected chi connectivity index (χ1v) is 9.42. The van der Waals surface area contributed by atoms with Crippen LogP contribution in [0, 0.1) is 13.8 Å². The second kappa shape index (κ2) is 8.71. The minimum absolute atomic E-state index is 0.0252. The summed E-state index contributed by atoms with van der Waals surface area (Å²) in [4.78, 5) is 26.7. The van der Waals surface area contributed by atoms with E-state index in [9.17, 15) is 9.59 Å². The van der Waals surface area contributed by atoms with Crippen molar-refractivity contribution in [3.05, 3.63) is 59.2 Å². The minimum atomic E-state index is -0.254. The van der Waals surface area contributed by atoms with Gasteiger partial charge in [-0.3, -0.25) is 9.59 Å². The van der Waals surface area contributed by atoms with Crippen molar-refractivity contribution in [3.8, 4) is 5.75 Å². The Morgan fingerprint density at radius 3 is 2.52 bits per heavy atom. The third-order valence-corrected chi connectivity index (χ3v) is 4.88. The Bertz CT molecular complexity index is 826. The largest absolute Gasteiger partial charge is 0.484 e. The van der Waals surface area contributed by atoms with Crippen molar-refractivity contribution in [2.45, 2.75) is 33.1 Å². The van der Waals surface area contributed by atoms with Crippen LogP contribution in [0.25, 0.3) is 0 Å². The van der Waals surface area contributed by atoms with Crippen LogP contribution in [0.3, 0.4) is 0 Å². The van der Waals surface area contributed by atoms with E-state index < -0.39 is 0 Å². The fraction of sp³-hybridized carbons (Fsp3) is 0.364. The number of ether oxygens (including phenoxy) is 1. The SMILES string of the molecule is Cc1ccc(OCC(=O)Nc2cccc(C(=O)N3CCCCC3)c2)cc1C. The molecule has 0 atom stereocenters. The lowest BCUT2D eigenvalue weighted by Gasteiger charge is -2.26. The third kappa shape index (κ3) is 5.09. The van der Waals surface area contributed by atoms with Crippen molar-refractivity contribution in [2.75, 3.05) is 25.0 Å². The van der Waals surface area contributed by atoms with Gasteiger partial charge >= 0.3 is 0 Å². The molecule has 27 heavy (non-hydrogen) atoms. The molecule has 0 unspecified atom stereocenters. The van der Waals surface area contributed by atoms with Crippen LogP contribution in [0.15, 0.2) is 42.5 Å². The van der Waals surface area contributed by atoms with Gasteiger partial charge in [-0.2, -0.15) is 0 Å². The number of hydrogen-bond acceptors (Lipinski definition) is 3. The van der Waals surface area contributed by atoms with E-state index in [2.05, 4.69) is 5.32 Å². The number of likely N-dealkylation sites (tertiary alicyclic amines) is 1. The fourth-order valence-electron chi connectivity index (χ4n) is 3.16. The van der Waals surface area contributed by atoms with E-state index >= 15 is 0 Å². The molecule has 0 bridgehead atoms. The van der Waals surface area contributed by atoms with E-state index in [4.69, 9.17) is 4.74 Å². The van der Waals surface area contributed by atoms with Crippen molar-refractivity contribution in [1.29, 1.82) is 0 Å². The van der Waals surface area contributed by atoms with Gasteiger partial charge in [0.2, 0.25) is 0 Å². The molecule has 142 valence electrons. The van der Waals surface area contributed by atoms with Gasteiger partial charge in [0.1, 0.15) is 5.75 Å². The molecule has 0 aromatic heterocycles. The Kier molecular flexibility index (Phi) is 6.12. The summed E-state index contributed by atoms with van der Waals surface area (Å²) in [5.41, 5.74) is 3.51. The lowest BCUT2D eigenvalue weighted by molar-refractivity contribution is -0.118. The van der Waals surface area contributed by atoms with Crippen LogP contribution >= 0.6 is 0 Å². The van der Waals surface area contributed by atoms with Gasteiger partial charge in [-0.25, -0.2) is 0 Å². The highest BCUT2D eigenvalue weighted by Gasteiger charge is 2.18. The molecule has 5 heteroatoms. The number of amides is 2. The van der Waals surface area contributed by atoms with Crippen LogP contribution in [-0.4, -0.2) is 36.4 Å². The summed E-state index contributed by atoms with van der Waals surface area (Å²) < 4.78 is 5.56. The van der Waals surface area contributed by atoms with Crippen LogP contribution in [0.5, 0.6) is 5.75 Å². The predicted octanol–water partition coefficient (Wildman–Crippen LogP) is 3.95. The summed E-state index contributed by atoms with van der Waals surface area (Å²) in [6.07, 6.45) is 3.29. The van der Waals surface area contributed by atoms with E-state index in [0.717, 1.165) is 31.5 Å². The number of benzene rings is 2. The molecule has 0 radical (unpaired) electrons. The molecule has 1 heterocycles. The van der Waals surface area contributed by atoms with Crippen LogP contribution in [-0.2, 0) is 4.79 Å². The quantitative estimate of drug-likeness (QED) is 0.872. The predicted molar refractivity (Wildman–Crippen MR) is 106 cm³/mol. The first-order valence-electron chi connectivity index (χ1n) is 9.42. The van der Waals surface area contributed by atoms with Gasteiger partial charge in [0.05, 0.1) is 0 Å². The molecule has 1 N–H and O–H groups in total. The summed E-state index contributed by atoms with van der Waals surface area (Å²) in [5.74, 6) is 0.440. The molecular formula is C22H26N2O3. The molecule has 1 aliphatic heterocycles. The van der Waals surface area contributed by atoms with Gasteiger partial charge in [0.15, 0.2) is 6.61 Å². The second-order valence-corrected chi connectivity index (χ2v) is 7.02. The topological polar surface area (TPSA) is 58.6 Å². The summed E-state index contributed by atoms with van der Waals surface area (Å²) in [6.45, 7) is 5.57. The molecule has 0 spiro atoms. The van der Waals surface area contributed by atoms with Gasteiger partial charge in [0, 0.05) is 24.3 Å². The smallest absolute Gasteiger partial charge is 0.262 e. The average Bonchev–Trinajstić information content (AvgIpc) is 2.69. The summed E-state index contributed by atoms with van der Waals surface area (Å²) in [5, 5.41) is 2.80. The molecule has 1 saturated heterocycles. The van der Waals surface area contributed by atoms with Crippen LogP contribution in [0.1, 0.15) is 40.7 Å². The van der Waals surface area contributed by atoms with Crippen LogP contribution < -0.4 is 10.1 Å². The lowest BCUT2D eigenvalue weighted by atomic mass is 10.1. The number of anilines is 1. The number of hydrogen-bond donors (Lipinski definition) is 1. The van der Waals surface area contributed by atoms with Crippen molar-refractivity contribution >= 4 is 17.5 Å². The fourth-order valence-corrected chi connectivity index (χ4v) is 3.16. The molecule has 0 saturated carbocycles. The Morgan fingerprint density at radius 1 is 1.00 bits per heavy atom. The van der Waals surface area contributed by atoms with E-state index in [0.29, 0.717) is 17.0 Å². The van der Waals surface area contributed by atoms with Gasteiger partial charge < -0.3 is 15.0 Å². The molecule has 0 aliphatic carbocycles. The first-order chi connectivity index (χ1) is 13.0. The monoisotopic (exact) mass is 366 g/mol. The van der Waals surface area contributed by atoms with E-state index in [1.807, 2.05) is 36.9 Å². The average molecular weight is 366 g/mol. The number of carbonyl (C=O) groups excluding carboxylic acids is 2. The maximum atomic E-state index is 12.6. The molecule has 5 nitrogen and oxygen atoms in total. The van der Waals surface area contributed by atoms with E-state index in [1.165, 1.54) is 12.0 Å². The number of carbonyl (C=O) groups is 2. The Labute approximate surface area is 160 Å². The maximum absolute atomic E-state index is 12.6. The molecule has 1 fully saturated rings. The number of piperidine rings is 1. The third-order valence-electron chi connectivity index (χ3n) is 4.88. The number of rotatable bonds is 5. The van der Waals surface area contributed by atoms with Crippen molar-refractivity contribution in [3.63, 3.8) is 0 Å². The molecule has 2 aromatic carbocycles. The number of nitrogens with zero attached hydrogens (tertiary/aromatic N) is 1. The van der Waals surface area contributed by atoms with Crippen LogP contribution in [0.2, 0.25) is 0 Å². The zero-order valence-electron chi connectivity index (χ0n) is 16.0. The minimum Gasteiger partial charge on any atom is -0.484 e. The zero-order valence-corrected chi connectivity index (χ0v) is 16.0. The summed E-state index contributed by atoms with van der Waals surface area (Å²) >= 11 is 0. The van der Waals surface area contributed by atoms with E-state index in [1.54, 1.807) is 24.3 Å².